The molecule has 1 atom stereocenters. The van der Waals surface area contributed by atoms with Crippen molar-refractivity contribution in [2.75, 3.05) is 26.7 Å². The zero-order valence-electron chi connectivity index (χ0n) is 16.7. The lowest BCUT2D eigenvalue weighted by atomic mass is 10.0. The first kappa shape index (κ1) is 22.4. The monoisotopic (exact) mass is 405 g/mol. The first-order valence-electron chi connectivity index (χ1n) is 10.2. The van der Waals surface area contributed by atoms with Crippen LogP contribution >= 0.6 is 12.4 Å². The highest BCUT2D eigenvalue weighted by Gasteiger charge is 2.17. The number of aryl methyl sites for hydroxylation is 1. The van der Waals surface area contributed by atoms with Crippen LogP contribution in [0.25, 0.3) is 11.3 Å². The van der Waals surface area contributed by atoms with Gasteiger partial charge in [0, 0.05) is 38.1 Å². The van der Waals surface area contributed by atoms with Gasteiger partial charge < -0.3 is 14.7 Å². The molecule has 0 saturated carbocycles. The van der Waals surface area contributed by atoms with E-state index in [4.69, 9.17) is 4.52 Å². The van der Waals surface area contributed by atoms with Gasteiger partial charge in [-0.15, -0.1) is 12.4 Å². The molecule has 1 unspecified atom stereocenters. The van der Waals surface area contributed by atoms with E-state index in [0.29, 0.717) is 12.3 Å². The Labute approximate surface area is 174 Å². The van der Waals surface area contributed by atoms with Crippen LogP contribution in [0.2, 0.25) is 0 Å². The van der Waals surface area contributed by atoms with Gasteiger partial charge in [-0.1, -0.05) is 41.9 Å². The first-order valence-corrected chi connectivity index (χ1v) is 10.2. The van der Waals surface area contributed by atoms with E-state index < -0.39 is 0 Å². The maximum absolute atomic E-state index is 12.2. The minimum Gasteiger partial charge on any atom is -0.361 e. The Morgan fingerprint density at radius 1 is 1.25 bits per heavy atom. The molecule has 2 heterocycles. The average Bonchev–Trinajstić information content (AvgIpc) is 3.38. The summed E-state index contributed by atoms with van der Waals surface area (Å²) < 4.78 is 5.45. The molecule has 2 aromatic rings. The molecule has 154 valence electrons. The van der Waals surface area contributed by atoms with Gasteiger partial charge in [0.05, 0.1) is 0 Å². The molecule has 1 fully saturated rings. The van der Waals surface area contributed by atoms with Gasteiger partial charge in [-0.3, -0.25) is 4.79 Å². The minimum absolute atomic E-state index is 0. The number of nitrogens with one attached hydrogen (secondary N) is 1. The van der Waals surface area contributed by atoms with E-state index in [1.54, 1.807) is 0 Å². The van der Waals surface area contributed by atoms with Crippen LogP contribution in [0.3, 0.4) is 0 Å². The van der Waals surface area contributed by atoms with Crippen LogP contribution in [0.15, 0.2) is 40.9 Å². The van der Waals surface area contributed by atoms with Gasteiger partial charge in [0.15, 0.2) is 0 Å². The van der Waals surface area contributed by atoms with Crippen LogP contribution in [-0.4, -0.2) is 42.6 Å². The number of aromatic nitrogens is 1. The highest BCUT2D eigenvalue weighted by atomic mass is 35.5. The molecule has 1 N–H and O–H groups in total. The van der Waals surface area contributed by atoms with Crippen LogP contribution < -0.4 is 5.32 Å². The second kappa shape index (κ2) is 11.9. The third-order valence-corrected chi connectivity index (χ3v) is 5.40. The lowest BCUT2D eigenvalue weighted by Crippen LogP contribution is -2.28. The molecule has 1 aliphatic rings. The van der Waals surface area contributed by atoms with Crippen LogP contribution in [0, 0.1) is 5.92 Å². The summed E-state index contributed by atoms with van der Waals surface area (Å²) in [5.74, 6) is 1.90. The Bertz CT molecular complexity index is 699. The molecule has 0 radical (unpaired) electrons. The molecular weight excluding hydrogens is 374 g/mol. The molecule has 3 rings (SSSR count). The van der Waals surface area contributed by atoms with Gasteiger partial charge in [-0.05, 0) is 44.7 Å². The van der Waals surface area contributed by atoms with Crippen LogP contribution in [0.1, 0.15) is 44.3 Å². The number of carbonyl (C=O) groups is 1. The summed E-state index contributed by atoms with van der Waals surface area (Å²) in [5.41, 5.74) is 1.98. The quantitative estimate of drug-likeness (QED) is 0.598. The van der Waals surface area contributed by atoms with Gasteiger partial charge >= 0.3 is 0 Å². The summed E-state index contributed by atoms with van der Waals surface area (Å²) in [6.45, 7) is 3.02. The Morgan fingerprint density at radius 3 is 2.82 bits per heavy atom. The number of halogens is 1. The van der Waals surface area contributed by atoms with E-state index in [1.165, 1.54) is 6.42 Å². The molecule has 1 amide bonds. The summed E-state index contributed by atoms with van der Waals surface area (Å²) in [5, 5.41) is 7.52. The largest absolute Gasteiger partial charge is 0.361 e. The summed E-state index contributed by atoms with van der Waals surface area (Å²) in [6.07, 6.45) is 6.99. The van der Waals surface area contributed by atoms with E-state index in [0.717, 1.165) is 68.8 Å². The zero-order valence-corrected chi connectivity index (χ0v) is 17.5. The van der Waals surface area contributed by atoms with Gasteiger partial charge in [-0.2, -0.15) is 0 Å². The number of nitrogens with zero attached hydrogens (tertiary/aromatic N) is 2. The average molecular weight is 406 g/mol. The van der Waals surface area contributed by atoms with Gasteiger partial charge in [0.25, 0.3) is 0 Å². The van der Waals surface area contributed by atoms with Crippen molar-refractivity contribution in [3.8, 4) is 11.3 Å². The van der Waals surface area contributed by atoms with Crippen molar-refractivity contribution in [3.05, 3.63) is 42.2 Å². The Hall–Kier alpha value is -1.85. The predicted molar refractivity (Wildman–Crippen MR) is 115 cm³/mol. The summed E-state index contributed by atoms with van der Waals surface area (Å²) in [7, 11) is 1.93. The van der Waals surface area contributed by atoms with Gasteiger partial charge in [0.1, 0.15) is 11.5 Å². The minimum atomic E-state index is 0. The molecular formula is C22H32ClN3O2. The molecule has 6 heteroatoms. The lowest BCUT2D eigenvalue weighted by molar-refractivity contribution is -0.130. The lowest BCUT2D eigenvalue weighted by Gasteiger charge is -2.18. The molecule has 28 heavy (non-hydrogen) atoms. The second-order valence-corrected chi connectivity index (χ2v) is 7.57. The summed E-state index contributed by atoms with van der Waals surface area (Å²) in [6, 6.07) is 12.1. The first-order chi connectivity index (χ1) is 13.2. The van der Waals surface area contributed by atoms with Crippen molar-refractivity contribution >= 4 is 18.3 Å². The number of hydrogen-bond acceptors (Lipinski definition) is 4. The number of unbranched alkanes of at least 4 members (excludes halogenated alkanes) is 2. The van der Waals surface area contributed by atoms with Gasteiger partial charge in [-0.25, -0.2) is 0 Å². The number of benzene rings is 1. The third kappa shape index (κ3) is 6.95. The normalized spacial score (nSPS) is 16.0. The fourth-order valence-corrected chi connectivity index (χ4v) is 3.60. The SMILES string of the molecule is CN(CCCCCc1cc(-c2ccccc2)no1)C(=O)CCC1CCNC1.Cl. The highest BCUT2D eigenvalue weighted by molar-refractivity contribution is 5.85. The Balaban J connectivity index is 0.00000280. The topological polar surface area (TPSA) is 58.4 Å². The standard InChI is InChI=1S/C22H31N3O2.ClH/c1-25(22(26)12-11-18-13-14-23-17-18)15-7-3-6-10-20-16-21(24-27-20)19-8-4-2-5-9-19;/h2,4-5,8-9,16,18,23H,3,6-7,10-15,17H2,1H3;1H. The van der Waals surface area contributed by atoms with Crippen molar-refractivity contribution in [2.24, 2.45) is 5.92 Å². The third-order valence-electron chi connectivity index (χ3n) is 5.40. The number of amides is 1. The smallest absolute Gasteiger partial charge is 0.222 e. The van der Waals surface area contributed by atoms with E-state index in [-0.39, 0.29) is 18.3 Å². The number of hydrogen-bond donors (Lipinski definition) is 1. The predicted octanol–water partition coefficient (Wildman–Crippen LogP) is 4.32. The molecule has 0 bridgehead atoms. The molecule has 0 spiro atoms. The van der Waals surface area contributed by atoms with E-state index in [9.17, 15) is 4.79 Å². The van der Waals surface area contributed by atoms with Crippen molar-refractivity contribution in [2.45, 2.75) is 44.9 Å². The Morgan fingerprint density at radius 2 is 2.07 bits per heavy atom. The molecule has 1 aromatic carbocycles. The summed E-state index contributed by atoms with van der Waals surface area (Å²) in [4.78, 5) is 14.1. The van der Waals surface area contributed by atoms with E-state index in [2.05, 4.69) is 10.5 Å². The van der Waals surface area contributed by atoms with E-state index in [1.807, 2.05) is 48.3 Å². The summed E-state index contributed by atoms with van der Waals surface area (Å²) >= 11 is 0. The molecule has 0 aliphatic carbocycles. The number of rotatable bonds is 10. The van der Waals surface area contributed by atoms with Gasteiger partial charge in [0.2, 0.25) is 5.91 Å². The maximum Gasteiger partial charge on any atom is 0.222 e. The molecule has 1 saturated heterocycles. The van der Waals surface area contributed by atoms with Crippen molar-refractivity contribution < 1.29 is 9.32 Å². The zero-order chi connectivity index (χ0) is 18.9. The van der Waals surface area contributed by atoms with E-state index >= 15 is 0 Å². The van der Waals surface area contributed by atoms with Crippen molar-refractivity contribution in [3.63, 3.8) is 0 Å². The molecule has 5 nitrogen and oxygen atoms in total. The highest BCUT2D eigenvalue weighted by Crippen LogP contribution is 2.20. The maximum atomic E-state index is 12.2. The second-order valence-electron chi connectivity index (χ2n) is 7.57. The van der Waals surface area contributed by atoms with Crippen LogP contribution in [-0.2, 0) is 11.2 Å². The van der Waals surface area contributed by atoms with Crippen LogP contribution in [0.4, 0.5) is 0 Å². The number of carbonyl (C=O) groups excluding carboxylic acids is 1. The fraction of sp³-hybridized carbons (Fsp3) is 0.545. The molecule has 1 aliphatic heterocycles. The van der Waals surface area contributed by atoms with Crippen molar-refractivity contribution in [1.82, 2.24) is 15.4 Å². The fourth-order valence-electron chi connectivity index (χ4n) is 3.60. The molecule has 1 aromatic heterocycles. The Kier molecular flexibility index (Phi) is 9.51. The van der Waals surface area contributed by atoms with Crippen molar-refractivity contribution in [1.29, 1.82) is 0 Å². The van der Waals surface area contributed by atoms with Crippen LogP contribution in [0.5, 0.6) is 0 Å².